The molecule has 5 heteroatoms. The largest absolute Gasteiger partial charge is 0.113 e. The fourth-order valence-electron chi connectivity index (χ4n) is 0.482. The molecule has 1 aliphatic rings. The van der Waals surface area contributed by atoms with E-state index in [2.05, 4.69) is 0 Å². The SMILES string of the molecule is Cl[C]1[C](Cl)[C](Cl)[C](Cl)[C]1Cl. The standard InChI is InChI=1S/C5Cl5/c6-1-2(7)4(9)5(10)3(1)8. The molecular formula is C5Cl5. The van der Waals surface area contributed by atoms with E-state index in [-0.39, 0.29) is 26.9 Å². The van der Waals surface area contributed by atoms with E-state index < -0.39 is 0 Å². The van der Waals surface area contributed by atoms with Crippen LogP contribution in [0, 0.1) is 26.9 Å². The van der Waals surface area contributed by atoms with Crippen molar-refractivity contribution in [3.63, 3.8) is 0 Å². The Bertz CT molecular complexity index is 82.4. The highest BCUT2D eigenvalue weighted by Gasteiger charge is 2.50. The van der Waals surface area contributed by atoms with Gasteiger partial charge in [-0.05, 0) is 0 Å². The Morgan fingerprint density at radius 1 is 0.400 bits per heavy atom. The minimum Gasteiger partial charge on any atom is -0.113 e. The molecule has 0 saturated heterocycles. The van der Waals surface area contributed by atoms with Crippen LogP contribution in [-0.2, 0) is 0 Å². The molecule has 1 aliphatic carbocycles. The fraction of sp³-hybridized carbons (Fsp3) is 0. The minimum absolute atomic E-state index is 0.207. The molecule has 1 fully saturated rings. The summed E-state index contributed by atoms with van der Waals surface area (Å²) in [5.41, 5.74) is 0. The highest BCUT2D eigenvalue weighted by molar-refractivity contribution is 6.60. The molecule has 0 spiro atoms. The highest BCUT2D eigenvalue weighted by atomic mass is 35.5. The van der Waals surface area contributed by atoms with E-state index in [4.69, 9.17) is 58.0 Å². The van der Waals surface area contributed by atoms with Gasteiger partial charge < -0.3 is 0 Å². The summed E-state index contributed by atoms with van der Waals surface area (Å²) in [5.74, 6) is 0. The Morgan fingerprint density at radius 2 is 0.500 bits per heavy atom. The fourth-order valence-corrected chi connectivity index (χ4v) is 1.67. The third-order valence-electron chi connectivity index (χ3n) is 0.964. The van der Waals surface area contributed by atoms with Crippen LogP contribution in [-0.4, -0.2) is 0 Å². The number of hydrogen-bond acceptors (Lipinski definition) is 0. The maximum Gasteiger partial charge on any atom is 0.113 e. The smallest absolute Gasteiger partial charge is 0.113 e. The number of hydrogen-bond donors (Lipinski definition) is 0. The normalized spacial score (nSPS) is 28.5. The monoisotopic (exact) mass is 235 g/mol. The molecule has 0 bridgehead atoms. The summed E-state index contributed by atoms with van der Waals surface area (Å²) < 4.78 is 0. The maximum absolute atomic E-state index is 5.57. The van der Waals surface area contributed by atoms with Gasteiger partial charge in [0.1, 0.15) is 26.9 Å². The Morgan fingerprint density at radius 3 is 0.600 bits per heavy atom. The van der Waals surface area contributed by atoms with Crippen molar-refractivity contribution in [3.05, 3.63) is 26.9 Å². The molecule has 0 aliphatic heterocycles. The summed E-state index contributed by atoms with van der Waals surface area (Å²) in [4.78, 5) is 0. The van der Waals surface area contributed by atoms with E-state index in [0.717, 1.165) is 0 Å². The molecule has 1 saturated carbocycles. The van der Waals surface area contributed by atoms with Crippen LogP contribution in [0.3, 0.4) is 0 Å². The van der Waals surface area contributed by atoms with Crippen LogP contribution < -0.4 is 0 Å². The lowest BCUT2D eigenvalue weighted by Crippen LogP contribution is -1.92. The van der Waals surface area contributed by atoms with E-state index in [9.17, 15) is 0 Å². The zero-order valence-corrected chi connectivity index (χ0v) is 8.17. The van der Waals surface area contributed by atoms with Crippen molar-refractivity contribution in [1.29, 1.82) is 0 Å². The van der Waals surface area contributed by atoms with Gasteiger partial charge >= 0.3 is 0 Å². The molecule has 5 radical (unpaired) electrons. The first-order valence-corrected chi connectivity index (χ1v) is 4.08. The van der Waals surface area contributed by atoms with Gasteiger partial charge in [0, 0.05) is 0 Å². The van der Waals surface area contributed by atoms with Gasteiger partial charge in [0.05, 0.1) is 0 Å². The summed E-state index contributed by atoms with van der Waals surface area (Å²) in [5, 5.41) is 1.03. The lowest BCUT2D eigenvalue weighted by Gasteiger charge is -2.03. The zero-order chi connectivity index (χ0) is 7.89. The van der Waals surface area contributed by atoms with Gasteiger partial charge in [0.25, 0.3) is 0 Å². The van der Waals surface area contributed by atoms with Gasteiger partial charge in [-0.2, -0.15) is 0 Å². The van der Waals surface area contributed by atoms with Gasteiger partial charge in [-0.15, -0.1) is 58.0 Å². The third kappa shape index (κ3) is 1.47. The minimum atomic E-state index is 0.207. The van der Waals surface area contributed by atoms with Crippen molar-refractivity contribution in [2.45, 2.75) is 0 Å². The van der Waals surface area contributed by atoms with Crippen molar-refractivity contribution >= 4 is 58.0 Å². The number of rotatable bonds is 0. The second kappa shape index (κ2) is 3.45. The molecule has 0 nitrogen and oxygen atoms in total. The zero-order valence-electron chi connectivity index (χ0n) is 4.39. The second-order valence-electron chi connectivity index (χ2n) is 1.57. The van der Waals surface area contributed by atoms with Crippen LogP contribution in [0.1, 0.15) is 0 Å². The Hall–Kier alpha value is 1.45. The molecule has 0 N–H and O–H groups in total. The average Bonchev–Trinajstić information content (AvgIpc) is 2.07. The van der Waals surface area contributed by atoms with Crippen molar-refractivity contribution in [3.8, 4) is 0 Å². The van der Waals surface area contributed by atoms with Gasteiger partial charge in [0.2, 0.25) is 0 Å². The van der Waals surface area contributed by atoms with Crippen molar-refractivity contribution in [1.82, 2.24) is 0 Å². The van der Waals surface area contributed by atoms with Crippen molar-refractivity contribution in [2.75, 3.05) is 0 Å². The summed E-state index contributed by atoms with van der Waals surface area (Å²) in [7, 11) is 0. The molecule has 0 heterocycles. The lowest BCUT2D eigenvalue weighted by molar-refractivity contribution is 1.40. The molecule has 0 atom stereocenters. The van der Waals surface area contributed by atoms with E-state index >= 15 is 0 Å². The van der Waals surface area contributed by atoms with E-state index in [1.54, 1.807) is 0 Å². The molecule has 0 aromatic rings. The topological polar surface area (TPSA) is 0 Å². The summed E-state index contributed by atoms with van der Waals surface area (Å²) in [6, 6.07) is 0. The molecule has 10 heavy (non-hydrogen) atoms. The maximum atomic E-state index is 5.57. The van der Waals surface area contributed by atoms with Crippen LogP contribution in [0.4, 0.5) is 0 Å². The molecule has 0 aromatic carbocycles. The van der Waals surface area contributed by atoms with Crippen LogP contribution >= 0.6 is 58.0 Å². The first-order chi connectivity index (χ1) is 4.55. The van der Waals surface area contributed by atoms with Crippen LogP contribution in [0.2, 0.25) is 0 Å². The van der Waals surface area contributed by atoms with Gasteiger partial charge in [-0.1, -0.05) is 0 Å². The summed E-state index contributed by atoms with van der Waals surface area (Å²) in [6.07, 6.45) is 0. The number of halogens is 5. The molecule has 0 unspecified atom stereocenters. The predicted molar refractivity (Wildman–Crippen MR) is 45.5 cm³/mol. The summed E-state index contributed by atoms with van der Waals surface area (Å²) >= 11 is 27.9. The van der Waals surface area contributed by atoms with Gasteiger partial charge in [0.15, 0.2) is 0 Å². The van der Waals surface area contributed by atoms with Gasteiger partial charge in [-0.3, -0.25) is 0 Å². The molecule has 55 valence electrons. The van der Waals surface area contributed by atoms with Crippen molar-refractivity contribution < 1.29 is 0 Å². The first-order valence-electron chi connectivity index (χ1n) is 2.19. The molecule has 1 rings (SSSR count). The Kier molecular flexibility index (Phi) is 3.29. The van der Waals surface area contributed by atoms with Gasteiger partial charge in [-0.25, -0.2) is 0 Å². The van der Waals surface area contributed by atoms with Crippen LogP contribution in [0.25, 0.3) is 0 Å². The third-order valence-corrected chi connectivity index (χ3v) is 3.34. The van der Waals surface area contributed by atoms with Crippen molar-refractivity contribution in [2.24, 2.45) is 0 Å². The Balaban J connectivity index is 2.68. The highest BCUT2D eigenvalue weighted by Crippen LogP contribution is 2.61. The molecule has 0 amide bonds. The Labute approximate surface area is 84.7 Å². The lowest BCUT2D eigenvalue weighted by atomic mass is 10.4. The first kappa shape index (κ1) is 9.54. The van der Waals surface area contributed by atoms with Crippen LogP contribution in [0.5, 0.6) is 0 Å². The second-order valence-corrected chi connectivity index (χ2v) is 3.46. The predicted octanol–water partition coefficient (Wildman–Crippen LogP) is 3.85. The quantitative estimate of drug-likeness (QED) is 0.600. The summed E-state index contributed by atoms with van der Waals surface area (Å²) in [6.45, 7) is 0. The molecule has 0 aromatic heterocycles. The van der Waals surface area contributed by atoms with E-state index in [1.807, 2.05) is 0 Å². The van der Waals surface area contributed by atoms with Crippen LogP contribution in [0.15, 0.2) is 0 Å². The van der Waals surface area contributed by atoms with E-state index in [1.165, 1.54) is 0 Å². The average molecular weight is 237 g/mol. The molecular weight excluding hydrogens is 237 g/mol. The van der Waals surface area contributed by atoms with E-state index in [0.29, 0.717) is 0 Å².